The third-order valence-corrected chi connectivity index (χ3v) is 2.95. The van der Waals surface area contributed by atoms with Crippen LogP contribution in [0.15, 0.2) is 16.7 Å². The Balaban J connectivity index is 2.57. The Morgan fingerprint density at radius 2 is 2.00 bits per heavy atom. The predicted octanol–water partition coefficient (Wildman–Crippen LogP) is -0.702. The second kappa shape index (κ2) is 6.01. The molecule has 0 saturated heterocycles. The number of aromatic nitrogens is 2. The lowest BCUT2D eigenvalue weighted by Gasteiger charge is -2.28. The first-order chi connectivity index (χ1) is 10.7. The van der Waals surface area contributed by atoms with Gasteiger partial charge in [0.2, 0.25) is 23.5 Å². The van der Waals surface area contributed by atoms with Crippen molar-refractivity contribution in [2.75, 3.05) is 15.5 Å². The van der Waals surface area contributed by atoms with E-state index in [-0.39, 0.29) is 23.2 Å². The average molecular weight is 321 g/mol. The zero-order valence-electron chi connectivity index (χ0n) is 12.6. The predicted molar refractivity (Wildman–Crippen MR) is 80.7 cm³/mol. The first-order valence-electron chi connectivity index (χ1n) is 6.64. The Bertz CT molecular complexity index is 779. The number of hydrogen-bond acceptors (Lipinski definition) is 7. The first kappa shape index (κ1) is 16.4. The van der Waals surface area contributed by atoms with Gasteiger partial charge in [-0.05, 0) is 6.92 Å². The summed E-state index contributed by atoms with van der Waals surface area (Å²) in [5, 5.41) is 14.4. The maximum absolute atomic E-state index is 12.2. The summed E-state index contributed by atoms with van der Waals surface area (Å²) >= 11 is 0. The summed E-state index contributed by atoms with van der Waals surface area (Å²) in [4.78, 5) is 54.3. The van der Waals surface area contributed by atoms with Crippen LogP contribution < -0.4 is 21.1 Å². The van der Waals surface area contributed by atoms with Crippen LogP contribution in [0.5, 0.6) is 0 Å². The molecular formula is C13H15N5O5. The van der Waals surface area contributed by atoms with Crippen molar-refractivity contribution in [2.24, 2.45) is 0 Å². The lowest BCUT2D eigenvalue weighted by Crippen LogP contribution is -2.41. The van der Waals surface area contributed by atoms with Crippen molar-refractivity contribution in [1.29, 1.82) is 0 Å². The van der Waals surface area contributed by atoms with Gasteiger partial charge in [-0.3, -0.25) is 34.4 Å². The van der Waals surface area contributed by atoms with Gasteiger partial charge in [-0.15, -0.1) is 0 Å². The monoisotopic (exact) mass is 321 g/mol. The van der Waals surface area contributed by atoms with Gasteiger partial charge >= 0.3 is 0 Å². The third-order valence-electron chi connectivity index (χ3n) is 2.95. The summed E-state index contributed by atoms with van der Waals surface area (Å²) in [6, 6.07) is 0. The number of rotatable bonds is 3. The molecule has 0 bridgehead atoms. The van der Waals surface area contributed by atoms with Crippen molar-refractivity contribution in [2.45, 2.75) is 26.9 Å². The number of nitrogens with one attached hydrogen (secondary N) is 3. The van der Waals surface area contributed by atoms with Crippen LogP contribution in [0.1, 0.15) is 20.8 Å². The van der Waals surface area contributed by atoms with E-state index in [1.807, 2.05) is 0 Å². The number of ketones is 1. The number of aromatic amines is 1. The molecule has 1 aromatic heterocycles. The van der Waals surface area contributed by atoms with Crippen molar-refractivity contribution >= 4 is 35.1 Å². The number of amides is 2. The van der Waals surface area contributed by atoms with Gasteiger partial charge in [-0.2, -0.15) is 4.98 Å². The van der Waals surface area contributed by atoms with Gasteiger partial charge in [0, 0.05) is 20.0 Å². The Kier molecular flexibility index (Phi) is 4.27. The molecule has 10 heteroatoms. The molecule has 0 spiro atoms. The van der Waals surface area contributed by atoms with Gasteiger partial charge in [-0.1, -0.05) is 0 Å². The van der Waals surface area contributed by atoms with Gasteiger partial charge in [-0.25, -0.2) is 0 Å². The maximum atomic E-state index is 12.2. The summed E-state index contributed by atoms with van der Waals surface area (Å²) in [5.41, 5.74) is -1.11. The second-order valence-electron chi connectivity index (χ2n) is 4.86. The lowest BCUT2D eigenvalue weighted by atomic mass is 10.1. The van der Waals surface area contributed by atoms with E-state index in [0.717, 1.165) is 4.90 Å². The van der Waals surface area contributed by atoms with Crippen molar-refractivity contribution in [1.82, 2.24) is 9.97 Å². The molecule has 2 heterocycles. The van der Waals surface area contributed by atoms with E-state index < -0.39 is 29.3 Å². The molecule has 10 nitrogen and oxygen atoms in total. The molecule has 2 amide bonds. The van der Waals surface area contributed by atoms with Crippen LogP contribution in [0, 0.1) is 0 Å². The minimum atomic E-state index is -1.35. The minimum absolute atomic E-state index is 0.00478. The first-order valence-corrected chi connectivity index (χ1v) is 6.64. The Morgan fingerprint density at radius 1 is 1.35 bits per heavy atom. The van der Waals surface area contributed by atoms with Gasteiger partial charge in [0.05, 0.1) is 0 Å². The highest BCUT2D eigenvalue weighted by atomic mass is 16.3. The summed E-state index contributed by atoms with van der Waals surface area (Å²) in [5.74, 6) is -1.88. The molecule has 1 atom stereocenters. The average Bonchev–Trinajstić information content (AvgIpc) is 2.44. The topological polar surface area (TPSA) is 144 Å². The number of nitrogens with zero attached hydrogens (tertiary/aromatic N) is 2. The Labute approximate surface area is 130 Å². The van der Waals surface area contributed by atoms with Crippen LogP contribution in [-0.2, 0) is 14.4 Å². The summed E-state index contributed by atoms with van der Waals surface area (Å²) in [6.45, 7) is 3.66. The zero-order valence-corrected chi connectivity index (χ0v) is 12.6. The third kappa shape index (κ3) is 3.11. The minimum Gasteiger partial charge on any atom is -0.385 e. The number of carbonyl (C=O) groups excluding carboxylic acids is 3. The van der Waals surface area contributed by atoms with Gasteiger partial charge in [0.25, 0.3) is 5.56 Å². The SMILES string of the molecule is CC(=O)Nc1nc2c(c(=O)[nH]1)N(C(C)=O)C(C(=O)C(C)O)=CN2. The standard InChI is InChI=1S/C13H15N5O5/c1-5(19)10(22)8-4-14-11-9(18(8)7(3)21)12(23)17-13(16-11)15-6(2)20/h4-5,19H,1-3H3,(H3,14,15,16,17,20,23). The van der Waals surface area contributed by atoms with E-state index in [2.05, 4.69) is 20.6 Å². The number of aliphatic hydroxyl groups excluding tert-OH is 1. The molecule has 0 fully saturated rings. The van der Waals surface area contributed by atoms with Gasteiger partial charge < -0.3 is 10.4 Å². The lowest BCUT2D eigenvalue weighted by molar-refractivity contribution is -0.124. The molecule has 0 aliphatic carbocycles. The van der Waals surface area contributed by atoms with E-state index in [1.165, 1.54) is 27.0 Å². The fourth-order valence-electron chi connectivity index (χ4n) is 2.05. The van der Waals surface area contributed by atoms with E-state index >= 15 is 0 Å². The quantitative estimate of drug-likeness (QED) is 0.576. The zero-order chi connectivity index (χ0) is 17.3. The van der Waals surface area contributed by atoms with Crippen molar-refractivity contribution in [3.05, 3.63) is 22.3 Å². The second-order valence-corrected chi connectivity index (χ2v) is 4.86. The molecule has 122 valence electrons. The highest BCUT2D eigenvalue weighted by Crippen LogP contribution is 2.29. The van der Waals surface area contributed by atoms with E-state index in [0.29, 0.717) is 0 Å². The van der Waals surface area contributed by atoms with Gasteiger partial charge in [0.15, 0.2) is 11.5 Å². The normalized spacial score (nSPS) is 14.3. The van der Waals surface area contributed by atoms with Crippen LogP contribution in [-0.4, -0.2) is 38.8 Å². The molecule has 4 N–H and O–H groups in total. The number of hydrogen-bond donors (Lipinski definition) is 4. The Morgan fingerprint density at radius 3 is 2.52 bits per heavy atom. The molecule has 0 saturated carbocycles. The number of Topliss-reactive ketones (excluding diaryl/α,β-unsaturated/α-hetero) is 1. The molecule has 0 radical (unpaired) electrons. The number of fused-ring (bicyclic) bond motifs is 1. The molecule has 23 heavy (non-hydrogen) atoms. The summed E-state index contributed by atoms with van der Waals surface area (Å²) < 4.78 is 0. The van der Waals surface area contributed by atoms with E-state index in [4.69, 9.17) is 0 Å². The highest BCUT2D eigenvalue weighted by molar-refractivity contribution is 6.12. The van der Waals surface area contributed by atoms with E-state index in [9.17, 15) is 24.3 Å². The largest absolute Gasteiger partial charge is 0.385 e. The van der Waals surface area contributed by atoms with Crippen molar-refractivity contribution in [3.8, 4) is 0 Å². The Hall–Kier alpha value is -3.01. The number of aliphatic hydroxyl groups is 1. The molecule has 1 aliphatic heterocycles. The molecule has 2 rings (SSSR count). The number of H-pyrrole nitrogens is 1. The van der Waals surface area contributed by atoms with Crippen LogP contribution in [0.3, 0.4) is 0 Å². The van der Waals surface area contributed by atoms with Crippen molar-refractivity contribution < 1.29 is 19.5 Å². The van der Waals surface area contributed by atoms with E-state index in [1.54, 1.807) is 0 Å². The van der Waals surface area contributed by atoms with Gasteiger partial charge in [0.1, 0.15) is 11.8 Å². The fraction of sp³-hybridized carbons (Fsp3) is 0.308. The van der Waals surface area contributed by atoms with Crippen LogP contribution in [0.4, 0.5) is 17.5 Å². The van der Waals surface area contributed by atoms with Crippen molar-refractivity contribution in [3.63, 3.8) is 0 Å². The molecule has 1 unspecified atom stereocenters. The molecular weight excluding hydrogens is 306 g/mol. The molecule has 0 aromatic carbocycles. The molecule has 1 aromatic rings. The molecule has 1 aliphatic rings. The maximum Gasteiger partial charge on any atom is 0.278 e. The van der Waals surface area contributed by atoms with Crippen LogP contribution in [0.2, 0.25) is 0 Å². The van der Waals surface area contributed by atoms with Crippen LogP contribution >= 0.6 is 0 Å². The highest BCUT2D eigenvalue weighted by Gasteiger charge is 2.33. The summed E-state index contributed by atoms with van der Waals surface area (Å²) in [6.07, 6.45) is -0.180. The number of carbonyl (C=O) groups is 3. The fourth-order valence-corrected chi connectivity index (χ4v) is 2.05. The summed E-state index contributed by atoms with van der Waals surface area (Å²) in [7, 11) is 0. The smallest absolute Gasteiger partial charge is 0.278 e. The number of anilines is 3. The van der Waals surface area contributed by atoms with Crippen LogP contribution in [0.25, 0.3) is 0 Å².